The normalized spacial score (nSPS) is 11.0. The molecule has 0 unspecified atom stereocenters. The van der Waals surface area contributed by atoms with Crippen LogP contribution in [0.25, 0.3) is 21.9 Å². The fourth-order valence-corrected chi connectivity index (χ4v) is 3.49. The maximum Gasteiger partial charge on any atom is 0.259 e. The number of nitrogens with zero attached hydrogens (tertiary/aromatic N) is 3. The van der Waals surface area contributed by atoms with Crippen LogP contribution in [0.3, 0.4) is 0 Å². The second-order valence-electron chi connectivity index (χ2n) is 4.87. The van der Waals surface area contributed by atoms with Gasteiger partial charge in [-0.25, -0.2) is 15.0 Å². The van der Waals surface area contributed by atoms with Gasteiger partial charge in [0.25, 0.3) is 5.91 Å². The van der Waals surface area contributed by atoms with Crippen molar-refractivity contribution in [2.75, 3.05) is 5.32 Å². The summed E-state index contributed by atoms with van der Waals surface area (Å²) in [7, 11) is 0. The van der Waals surface area contributed by atoms with Crippen molar-refractivity contribution in [1.82, 2.24) is 19.9 Å². The molecule has 4 aromatic rings. The van der Waals surface area contributed by atoms with E-state index in [4.69, 9.17) is 0 Å². The van der Waals surface area contributed by atoms with E-state index in [2.05, 4.69) is 25.3 Å². The SMILES string of the molecule is Cc1csc(-c2nc3c(C(=O)Nc4nccs4)cccc3[nH]2)n1. The van der Waals surface area contributed by atoms with Crippen LogP contribution in [0.2, 0.25) is 0 Å². The highest BCUT2D eigenvalue weighted by Gasteiger charge is 2.16. The van der Waals surface area contributed by atoms with Crippen LogP contribution in [0.15, 0.2) is 35.2 Å². The number of aromatic nitrogens is 4. The molecule has 0 fully saturated rings. The number of fused-ring (bicyclic) bond motifs is 1. The highest BCUT2D eigenvalue weighted by atomic mass is 32.1. The Morgan fingerprint density at radius 1 is 1.26 bits per heavy atom. The van der Waals surface area contributed by atoms with E-state index in [0.29, 0.717) is 22.0 Å². The van der Waals surface area contributed by atoms with Crippen LogP contribution < -0.4 is 5.32 Å². The first-order chi connectivity index (χ1) is 11.2. The number of carbonyl (C=O) groups is 1. The minimum Gasteiger partial charge on any atom is -0.336 e. The number of imidazole rings is 1. The predicted molar refractivity (Wildman–Crippen MR) is 92.0 cm³/mol. The van der Waals surface area contributed by atoms with Crippen LogP contribution >= 0.6 is 22.7 Å². The van der Waals surface area contributed by atoms with Crippen molar-refractivity contribution in [2.45, 2.75) is 6.92 Å². The summed E-state index contributed by atoms with van der Waals surface area (Å²) in [6, 6.07) is 5.48. The third-order valence-corrected chi connectivity index (χ3v) is 4.89. The Morgan fingerprint density at radius 3 is 2.91 bits per heavy atom. The molecule has 0 atom stereocenters. The number of H-pyrrole nitrogens is 1. The minimum atomic E-state index is -0.223. The maximum absolute atomic E-state index is 12.5. The Kier molecular flexibility index (Phi) is 3.40. The summed E-state index contributed by atoms with van der Waals surface area (Å²) in [6.07, 6.45) is 1.65. The van der Waals surface area contributed by atoms with Crippen LogP contribution in [0.1, 0.15) is 16.1 Å². The van der Waals surface area contributed by atoms with Gasteiger partial charge in [-0.1, -0.05) is 6.07 Å². The molecule has 8 heteroatoms. The van der Waals surface area contributed by atoms with Crippen LogP contribution in [0, 0.1) is 6.92 Å². The van der Waals surface area contributed by atoms with E-state index in [1.807, 2.05) is 29.8 Å². The Hall–Kier alpha value is -2.58. The number of amides is 1. The van der Waals surface area contributed by atoms with Crippen LogP contribution in [-0.2, 0) is 0 Å². The smallest absolute Gasteiger partial charge is 0.259 e. The second-order valence-corrected chi connectivity index (χ2v) is 6.63. The number of para-hydroxylation sites is 1. The number of rotatable bonds is 3. The third kappa shape index (κ3) is 2.62. The summed E-state index contributed by atoms with van der Waals surface area (Å²) < 4.78 is 0. The van der Waals surface area contributed by atoms with Gasteiger partial charge < -0.3 is 4.98 Å². The number of aryl methyl sites for hydroxylation is 1. The molecule has 23 heavy (non-hydrogen) atoms. The quantitative estimate of drug-likeness (QED) is 0.595. The fraction of sp³-hybridized carbons (Fsp3) is 0.0667. The molecular formula is C15H11N5OS2. The Morgan fingerprint density at radius 2 is 2.17 bits per heavy atom. The monoisotopic (exact) mass is 341 g/mol. The van der Waals surface area contributed by atoms with E-state index in [0.717, 1.165) is 16.2 Å². The van der Waals surface area contributed by atoms with Gasteiger partial charge in [0, 0.05) is 22.7 Å². The van der Waals surface area contributed by atoms with Gasteiger partial charge in [-0.3, -0.25) is 10.1 Å². The first kappa shape index (κ1) is 14.0. The predicted octanol–water partition coefficient (Wildman–Crippen LogP) is 3.70. The Balaban J connectivity index is 1.75. The molecule has 114 valence electrons. The van der Waals surface area contributed by atoms with E-state index >= 15 is 0 Å². The van der Waals surface area contributed by atoms with Crippen molar-refractivity contribution in [3.05, 3.63) is 46.4 Å². The molecule has 2 N–H and O–H groups in total. The number of hydrogen-bond acceptors (Lipinski definition) is 6. The van der Waals surface area contributed by atoms with Crippen molar-refractivity contribution in [1.29, 1.82) is 0 Å². The van der Waals surface area contributed by atoms with Crippen molar-refractivity contribution >= 4 is 44.7 Å². The number of anilines is 1. The van der Waals surface area contributed by atoms with Gasteiger partial charge in [-0.05, 0) is 19.1 Å². The molecule has 0 saturated heterocycles. The third-order valence-electron chi connectivity index (χ3n) is 3.23. The highest BCUT2D eigenvalue weighted by Crippen LogP contribution is 2.26. The lowest BCUT2D eigenvalue weighted by molar-refractivity contribution is 0.102. The van der Waals surface area contributed by atoms with Gasteiger partial charge in [0.05, 0.1) is 11.1 Å². The van der Waals surface area contributed by atoms with Crippen LogP contribution in [0.4, 0.5) is 5.13 Å². The largest absolute Gasteiger partial charge is 0.336 e. The fourth-order valence-electron chi connectivity index (χ4n) is 2.23. The topological polar surface area (TPSA) is 83.6 Å². The number of nitrogens with one attached hydrogen (secondary N) is 2. The molecule has 0 saturated carbocycles. The summed E-state index contributed by atoms with van der Waals surface area (Å²) in [5.41, 5.74) is 2.89. The van der Waals surface area contributed by atoms with Crippen LogP contribution in [0.5, 0.6) is 0 Å². The molecule has 3 aromatic heterocycles. The summed E-state index contributed by atoms with van der Waals surface area (Å²) >= 11 is 2.90. The number of thiazole rings is 2. The van der Waals surface area contributed by atoms with E-state index in [-0.39, 0.29) is 5.91 Å². The number of benzene rings is 1. The van der Waals surface area contributed by atoms with Crippen LogP contribution in [-0.4, -0.2) is 25.8 Å². The minimum absolute atomic E-state index is 0.223. The molecule has 0 aliphatic heterocycles. The molecule has 0 aliphatic rings. The lowest BCUT2D eigenvalue weighted by atomic mass is 10.2. The van der Waals surface area contributed by atoms with Gasteiger partial charge in [-0.15, -0.1) is 22.7 Å². The van der Waals surface area contributed by atoms with Gasteiger partial charge in [0.15, 0.2) is 16.0 Å². The van der Waals surface area contributed by atoms with E-state index in [9.17, 15) is 4.79 Å². The first-order valence-electron chi connectivity index (χ1n) is 6.83. The first-order valence-corrected chi connectivity index (χ1v) is 8.59. The average Bonchev–Trinajstić information content (AvgIpc) is 3.25. The maximum atomic E-state index is 12.5. The Labute approximate surface area is 139 Å². The molecule has 3 heterocycles. The van der Waals surface area contributed by atoms with E-state index < -0.39 is 0 Å². The van der Waals surface area contributed by atoms with Crippen molar-refractivity contribution in [3.8, 4) is 10.8 Å². The Bertz CT molecular complexity index is 987. The molecular weight excluding hydrogens is 330 g/mol. The zero-order valence-electron chi connectivity index (χ0n) is 12.0. The molecule has 6 nitrogen and oxygen atoms in total. The summed E-state index contributed by atoms with van der Waals surface area (Å²) in [5.74, 6) is 0.450. The average molecular weight is 341 g/mol. The highest BCUT2D eigenvalue weighted by molar-refractivity contribution is 7.13. The van der Waals surface area contributed by atoms with E-state index in [1.54, 1.807) is 12.3 Å². The lowest BCUT2D eigenvalue weighted by Gasteiger charge is -2.02. The zero-order valence-corrected chi connectivity index (χ0v) is 13.7. The van der Waals surface area contributed by atoms with Crippen molar-refractivity contribution in [3.63, 3.8) is 0 Å². The second kappa shape index (κ2) is 5.56. The zero-order chi connectivity index (χ0) is 15.8. The molecule has 0 radical (unpaired) electrons. The number of aromatic amines is 1. The van der Waals surface area contributed by atoms with Gasteiger partial charge >= 0.3 is 0 Å². The molecule has 0 bridgehead atoms. The number of carbonyl (C=O) groups excluding carboxylic acids is 1. The van der Waals surface area contributed by atoms with Gasteiger partial charge in [-0.2, -0.15) is 0 Å². The lowest BCUT2D eigenvalue weighted by Crippen LogP contribution is -2.12. The standard InChI is InChI=1S/C15H11N5OS2/c1-8-7-23-14(17-8)12-18-10-4-2-3-9(11(10)19-12)13(21)20-15-16-5-6-22-15/h2-7H,1H3,(H,18,19)(H,16,20,21). The molecule has 1 amide bonds. The molecule has 0 aliphatic carbocycles. The van der Waals surface area contributed by atoms with Crippen molar-refractivity contribution in [2.24, 2.45) is 0 Å². The molecule has 0 spiro atoms. The summed E-state index contributed by atoms with van der Waals surface area (Å²) in [4.78, 5) is 28.7. The summed E-state index contributed by atoms with van der Waals surface area (Å²) in [5, 5.41) is 7.95. The van der Waals surface area contributed by atoms with Gasteiger partial charge in [0.1, 0.15) is 5.52 Å². The summed E-state index contributed by atoms with van der Waals surface area (Å²) in [6.45, 7) is 1.94. The number of hydrogen-bond donors (Lipinski definition) is 2. The van der Waals surface area contributed by atoms with Crippen molar-refractivity contribution < 1.29 is 4.79 Å². The van der Waals surface area contributed by atoms with E-state index in [1.165, 1.54) is 22.7 Å². The molecule has 1 aromatic carbocycles. The molecule has 4 rings (SSSR count). The van der Waals surface area contributed by atoms with Gasteiger partial charge in [0.2, 0.25) is 0 Å².